The summed E-state index contributed by atoms with van der Waals surface area (Å²) < 4.78 is 1.85. The lowest BCUT2D eigenvalue weighted by atomic mass is 10.1. The van der Waals surface area contributed by atoms with Gasteiger partial charge < -0.3 is 5.11 Å². The zero-order chi connectivity index (χ0) is 18.0. The average Bonchev–Trinajstić information content (AvgIpc) is 3.39. The van der Waals surface area contributed by atoms with Crippen LogP contribution in [0.5, 0.6) is 0 Å². The molecule has 1 aliphatic carbocycles. The average molecular weight is 344 g/mol. The molecule has 25 heavy (non-hydrogen) atoms. The highest BCUT2D eigenvalue weighted by Crippen LogP contribution is 2.31. The minimum Gasteiger partial charge on any atom is -0.394 e. The summed E-state index contributed by atoms with van der Waals surface area (Å²) in [5.74, 6) is 0. The zero-order valence-corrected chi connectivity index (χ0v) is 14.7. The van der Waals surface area contributed by atoms with Gasteiger partial charge in [0, 0.05) is 42.5 Å². The molecule has 3 rings (SSSR count). The molecule has 0 saturated heterocycles. The Morgan fingerprint density at radius 3 is 2.76 bits per heavy atom. The molecule has 0 bridgehead atoms. The summed E-state index contributed by atoms with van der Waals surface area (Å²) in [6, 6.07) is 7.40. The van der Waals surface area contributed by atoms with Crippen molar-refractivity contribution in [2.24, 2.45) is 0 Å². The van der Waals surface area contributed by atoms with Crippen molar-refractivity contribution >= 4 is 5.69 Å². The number of rotatable bonds is 8. The normalized spacial score (nSPS) is 14.2. The molecule has 0 amide bonds. The maximum Gasteiger partial charge on any atom is 0.269 e. The quantitative estimate of drug-likeness (QED) is 0.588. The molecule has 0 spiro atoms. The third-order valence-electron chi connectivity index (χ3n) is 4.77. The predicted molar refractivity (Wildman–Crippen MR) is 94.2 cm³/mol. The summed E-state index contributed by atoms with van der Waals surface area (Å²) in [4.78, 5) is 13.0. The summed E-state index contributed by atoms with van der Waals surface area (Å²) in [5.41, 5.74) is 4.34. The van der Waals surface area contributed by atoms with Crippen LogP contribution in [-0.2, 0) is 19.6 Å². The molecule has 0 radical (unpaired) electrons. The highest BCUT2D eigenvalue weighted by molar-refractivity contribution is 5.34. The standard InChI is InChI=1S/C18H24N4O3/c1-13-18(14(2)21(19-13)8-9-23)12-20(16-6-7-16)11-15-4-3-5-17(10-15)22(24)25/h3-5,10,16,23H,6-9,11-12H2,1-2H3. The van der Waals surface area contributed by atoms with Gasteiger partial charge in [-0.15, -0.1) is 0 Å². The van der Waals surface area contributed by atoms with Gasteiger partial charge >= 0.3 is 0 Å². The first kappa shape index (κ1) is 17.6. The van der Waals surface area contributed by atoms with Crippen molar-refractivity contribution in [3.05, 3.63) is 56.9 Å². The van der Waals surface area contributed by atoms with Gasteiger partial charge in [0.25, 0.3) is 5.69 Å². The number of aromatic nitrogens is 2. The fourth-order valence-corrected chi connectivity index (χ4v) is 3.24. The zero-order valence-electron chi connectivity index (χ0n) is 14.7. The van der Waals surface area contributed by atoms with E-state index in [-0.39, 0.29) is 17.2 Å². The SMILES string of the molecule is Cc1nn(CCO)c(C)c1CN(Cc1cccc([N+](=O)[O-])c1)C1CC1. The summed E-state index contributed by atoms with van der Waals surface area (Å²) in [6.45, 7) is 6.06. The van der Waals surface area contributed by atoms with Crippen molar-refractivity contribution in [1.82, 2.24) is 14.7 Å². The van der Waals surface area contributed by atoms with Gasteiger partial charge in [0.05, 0.1) is 23.8 Å². The molecule has 0 unspecified atom stereocenters. The van der Waals surface area contributed by atoms with Crippen LogP contribution in [0, 0.1) is 24.0 Å². The monoisotopic (exact) mass is 344 g/mol. The van der Waals surface area contributed by atoms with E-state index in [1.807, 2.05) is 24.6 Å². The van der Waals surface area contributed by atoms with Crippen LogP contribution >= 0.6 is 0 Å². The van der Waals surface area contributed by atoms with Gasteiger partial charge in [-0.3, -0.25) is 19.7 Å². The Morgan fingerprint density at radius 2 is 2.12 bits per heavy atom. The summed E-state index contributed by atoms with van der Waals surface area (Å²) >= 11 is 0. The van der Waals surface area contributed by atoms with E-state index in [0.717, 1.165) is 36.3 Å². The van der Waals surface area contributed by atoms with Crippen LogP contribution in [-0.4, -0.2) is 37.4 Å². The van der Waals surface area contributed by atoms with Gasteiger partial charge in [0.15, 0.2) is 0 Å². The second-order valence-electron chi connectivity index (χ2n) is 6.66. The topological polar surface area (TPSA) is 84.4 Å². The number of hydrogen-bond donors (Lipinski definition) is 1. The second kappa shape index (κ2) is 7.33. The fourth-order valence-electron chi connectivity index (χ4n) is 3.24. The number of hydrogen-bond acceptors (Lipinski definition) is 5. The van der Waals surface area contributed by atoms with Crippen LogP contribution in [0.4, 0.5) is 5.69 Å². The molecule has 0 atom stereocenters. The molecule has 1 heterocycles. The smallest absolute Gasteiger partial charge is 0.269 e. The lowest BCUT2D eigenvalue weighted by Crippen LogP contribution is -2.25. The van der Waals surface area contributed by atoms with Gasteiger partial charge in [0.1, 0.15) is 0 Å². The highest BCUT2D eigenvalue weighted by atomic mass is 16.6. The van der Waals surface area contributed by atoms with E-state index in [1.54, 1.807) is 12.1 Å². The van der Waals surface area contributed by atoms with Crippen molar-refractivity contribution in [3.63, 3.8) is 0 Å². The first-order chi connectivity index (χ1) is 12.0. The summed E-state index contributed by atoms with van der Waals surface area (Å²) in [5, 5.41) is 24.7. The van der Waals surface area contributed by atoms with Crippen molar-refractivity contribution in [1.29, 1.82) is 0 Å². The van der Waals surface area contributed by atoms with E-state index in [4.69, 9.17) is 5.11 Å². The van der Waals surface area contributed by atoms with E-state index in [1.165, 1.54) is 11.6 Å². The Labute approximate surface area is 147 Å². The van der Waals surface area contributed by atoms with E-state index < -0.39 is 0 Å². The van der Waals surface area contributed by atoms with Gasteiger partial charge in [-0.2, -0.15) is 5.10 Å². The Bertz CT molecular complexity index is 768. The predicted octanol–water partition coefficient (Wildman–Crippen LogP) is 2.57. The lowest BCUT2D eigenvalue weighted by Gasteiger charge is -2.22. The molecule has 1 aromatic heterocycles. The van der Waals surface area contributed by atoms with E-state index in [2.05, 4.69) is 10.00 Å². The Balaban J connectivity index is 1.79. The molecule has 0 aliphatic heterocycles. The number of aliphatic hydroxyl groups is 1. The Kier molecular flexibility index (Phi) is 5.15. The summed E-state index contributed by atoms with van der Waals surface area (Å²) in [7, 11) is 0. The van der Waals surface area contributed by atoms with Crippen LogP contribution in [0.2, 0.25) is 0 Å². The van der Waals surface area contributed by atoms with Crippen LogP contribution in [0.15, 0.2) is 24.3 Å². The second-order valence-corrected chi connectivity index (χ2v) is 6.66. The first-order valence-electron chi connectivity index (χ1n) is 8.60. The maximum absolute atomic E-state index is 11.0. The number of nitrogens with zero attached hydrogens (tertiary/aromatic N) is 4. The molecule has 1 aliphatic rings. The lowest BCUT2D eigenvalue weighted by molar-refractivity contribution is -0.384. The number of benzene rings is 1. The molecule has 7 nitrogen and oxygen atoms in total. The molecular weight excluding hydrogens is 320 g/mol. The number of aliphatic hydroxyl groups excluding tert-OH is 1. The van der Waals surface area contributed by atoms with Gasteiger partial charge in [-0.05, 0) is 32.3 Å². The van der Waals surface area contributed by atoms with Gasteiger partial charge in [0.2, 0.25) is 0 Å². The van der Waals surface area contributed by atoms with Crippen molar-refractivity contribution < 1.29 is 10.0 Å². The minimum absolute atomic E-state index is 0.0709. The van der Waals surface area contributed by atoms with Crippen molar-refractivity contribution in [2.75, 3.05) is 6.61 Å². The molecule has 1 fully saturated rings. The van der Waals surface area contributed by atoms with E-state index in [9.17, 15) is 10.1 Å². The van der Waals surface area contributed by atoms with E-state index >= 15 is 0 Å². The number of nitro groups is 1. The number of non-ortho nitro benzene ring substituents is 1. The largest absolute Gasteiger partial charge is 0.394 e. The van der Waals surface area contributed by atoms with Crippen LogP contribution in [0.3, 0.4) is 0 Å². The molecule has 134 valence electrons. The Morgan fingerprint density at radius 1 is 1.36 bits per heavy atom. The maximum atomic E-state index is 11.0. The molecule has 2 aromatic rings. The fraction of sp³-hybridized carbons (Fsp3) is 0.500. The van der Waals surface area contributed by atoms with Crippen LogP contribution in [0.25, 0.3) is 0 Å². The third kappa shape index (κ3) is 4.05. The third-order valence-corrected chi connectivity index (χ3v) is 4.77. The highest BCUT2D eigenvalue weighted by Gasteiger charge is 2.30. The van der Waals surface area contributed by atoms with Crippen molar-refractivity contribution in [2.45, 2.75) is 52.4 Å². The summed E-state index contributed by atoms with van der Waals surface area (Å²) in [6.07, 6.45) is 2.33. The first-order valence-corrected chi connectivity index (χ1v) is 8.60. The molecule has 7 heteroatoms. The van der Waals surface area contributed by atoms with E-state index in [0.29, 0.717) is 19.1 Å². The minimum atomic E-state index is -0.349. The van der Waals surface area contributed by atoms with Crippen LogP contribution < -0.4 is 0 Å². The van der Waals surface area contributed by atoms with Gasteiger partial charge in [-0.25, -0.2) is 0 Å². The number of aryl methyl sites for hydroxylation is 1. The molecule has 1 N–H and O–H groups in total. The molecule has 1 saturated carbocycles. The Hall–Kier alpha value is -2.25. The van der Waals surface area contributed by atoms with Gasteiger partial charge in [-0.1, -0.05) is 12.1 Å². The molecule has 1 aromatic carbocycles. The number of nitro benzene ring substituents is 1. The molecular formula is C18H24N4O3. The van der Waals surface area contributed by atoms with Crippen LogP contribution in [0.1, 0.15) is 35.4 Å². The van der Waals surface area contributed by atoms with Crippen molar-refractivity contribution in [3.8, 4) is 0 Å².